The van der Waals surface area contributed by atoms with Crippen LogP contribution >= 0.6 is 0 Å². The second kappa shape index (κ2) is 11.6. The molecule has 1 aromatic rings. The van der Waals surface area contributed by atoms with Gasteiger partial charge in [0.1, 0.15) is 23.9 Å². The predicted octanol–water partition coefficient (Wildman–Crippen LogP) is -0.260. The molecule has 1 aliphatic heterocycles. The molecule has 1 fully saturated rings. The topological polar surface area (TPSA) is 160 Å². The molecule has 7 N–H and O–H groups in total. The molecule has 1 saturated heterocycles. The number of carbonyl (C=O) groups is 3. The maximum atomic E-state index is 12.0. The quantitative estimate of drug-likeness (QED) is 0.178. The van der Waals surface area contributed by atoms with Crippen molar-refractivity contribution in [3.63, 3.8) is 0 Å². The first-order valence-electron chi connectivity index (χ1n) is 9.91. The Morgan fingerprint density at radius 3 is 2.41 bits per heavy atom. The van der Waals surface area contributed by atoms with Crippen LogP contribution in [0.1, 0.15) is 37.7 Å². The number of rotatable bonds is 10. The number of nitrogens with one attached hydrogen (secondary N) is 1. The van der Waals surface area contributed by atoms with Crippen LogP contribution in [0.15, 0.2) is 24.3 Å². The number of nitrogens with two attached hydrogens (primary N) is 3. The van der Waals surface area contributed by atoms with Crippen LogP contribution in [0.5, 0.6) is 5.75 Å². The molecule has 29 heavy (non-hydrogen) atoms. The minimum absolute atomic E-state index is 0.192. The molecule has 9 nitrogen and oxygen atoms in total. The summed E-state index contributed by atoms with van der Waals surface area (Å²) >= 11 is 0. The highest BCUT2D eigenvalue weighted by Gasteiger charge is 2.27. The molecule has 160 valence electrons. The van der Waals surface area contributed by atoms with Crippen LogP contribution < -0.4 is 27.3 Å². The lowest BCUT2D eigenvalue weighted by Gasteiger charge is -2.14. The number of benzene rings is 1. The molecule has 0 bridgehead atoms. The van der Waals surface area contributed by atoms with Crippen molar-refractivity contribution in [1.29, 1.82) is 0 Å². The van der Waals surface area contributed by atoms with E-state index >= 15 is 0 Å². The van der Waals surface area contributed by atoms with E-state index in [2.05, 4.69) is 5.32 Å². The van der Waals surface area contributed by atoms with E-state index in [1.54, 1.807) is 24.3 Å². The van der Waals surface area contributed by atoms with Crippen molar-refractivity contribution in [1.82, 2.24) is 5.32 Å². The van der Waals surface area contributed by atoms with Crippen molar-refractivity contribution in [3.05, 3.63) is 29.8 Å². The van der Waals surface area contributed by atoms with E-state index in [0.717, 1.165) is 31.4 Å². The van der Waals surface area contributed by atoms with Gasteiger partial charge in [0.25, 0.3) is 0 Å². The van der Waals surface area contributed by atoms with Crippen molar-refractivity contribution in [2.75, 3.05) is 13.1 Å². The minimum Gasteiger partial charge on any atom is -0.425 e. The highest BCUT2D eigenvalue weighted by Crippen LogP contribution is 2.15. The fraction of sp³-hybridized carbons (Fsp3) is 0.550. The molecule has 0 unspecified atom stereocenters. The molecule has 3 atom stereocenters. The van der Waals surface area contributed by atoms with Gasteiger partial charge in [-0.1, -0.05) is 18.6 Å². The van der Waals surface area contributed by atoms with Gasteiger partial charge in [-0.05, 0) is 62.9 Å². The van der Waals surface area contributed by atoms with Crippen molar-refractivity contribution in [3.8, 4) is 5.75 Å². The summed E-state index contributed by atoms with van der Waals surface area (Å²) in [5.41, 5.74) is 17.8. The van der Waals surface area contributed by atoms with Gasteiger partial charge in [0.05, 0.1) is 0 Å². The van der Waals surface area contributed by atoms with E-state index in [1.807, 2.05) is 0 Å². The van der Waals surface area contributed by atoms with Crippen LogP contribution in [0.4, 0.5) is 0 Å². The van der Waals surface area contributed by atoms with Gasteiger partial charge in [-0.3, -0.25) is 0 Å². The Balaban J connectivity index is 1.79. The summed E-state index contributed by atoms with van der Waals surface area (Å²) in [7, 11) is 0. The van der Waals surface area contributed by atoms with E-state index in [0.29, 0.717) is 25.1 Å². The van der Waals surface area contributed by atoms with Gasteiger partial charge in [-0.2, -0.15) is 0 Å². The lowest BCUT2D eigenvalue weighted by Crippen LogP contribution is -2.40. The molecular weight excluding hydrogens is 376 g/mol. The molecule has 9 heteroatoms. The standard InChI is InChI=1S/C20H30N4O5/c21-10-2-1-4-15(22)18(25)28-14-8-6-13(7-9-14)12-16(23)19(26)29-20(27)17-5-3-11-24-17/h6-9,15-17,24H,1-5,10-12,21-23H2/t15-,16-,17-/m1/s1. The summed E-state index contributed by atoms with van der Waals surface area (Å²) in [4.78, 5) is 35.9. The molecule has 2 rings (SSSR count). The first-order valence-corrected chi connectivity index (χ1v) is 9.91. The number of esters is 3. The van der Waals surface area contributed by atoms with Crippen molar-refractivity contribution >= 4 is 17.9 Å². The van der Waals surface area contributed by atoms with E-state index < -0.39 is 36.0 Å². The van der Waals surface area contributed by atoms with Crippen LogP contribution in [0.25, 0.3) is 0 Å². The number of unbranched alkanes of at least 4 members (excludes halogenated alkanes) is 1. The summed E-state index contributed by atoms with van der Waals surface area (Å²) in [6.45, 7) is 1.29. The zero-order chi connectivity index (χ0) is 21.2. The van der Waals surface area contributed by atoms with Gasteiger partial charge in [0.2, 0.25) is 0 Å². The Hall–Kier alpha value is -2.33. The summed E-state index contributed by atoms with van der Waals surface area (Å²) in [6, 6.07) is 4.48. The third-order valence-corrected chi connectivity index (χ3v) is 4.72. The van der Waals surface area contributed by atoms with Crippen molar-refractivity contribution in [2.24, 2.45) is 17.2 Å². The van der Waals surface area contributed by atoms with Gasteiger partial charge in [0.15, 0.2) is 0 Å². The van der Waals surface area contributed by atoms with Crippen LogP contribution in [0, 0.1) is 0 Å². The van der Waals surface area contributed by atoms with Gasteiger partial charge in [-0.15, -0.1) is 0 Å². The number of hydrogen-bond acceptors (Lipinski definition) is 9. The van der Waals surface area contributed by atoms with Gasteiger partial charge in [-0.25, -0.2) is 14.4 Å². The van der Waals surface area contributed by atoms with Gasteiger partial charge < -0.3 is 32.0 Å². The van der Waals surface area contributed by atoms with Crippen LogP contribution in [0.3, 0.4) is 0 Å². The molecule has 1 aliphatic rings. The molecule has 1 aromatic carbocycles. The predicted molar refractivity (Wildman–Crippen MR) is 107 cm³/mol. The maximum absolute atomic E-state index is 12.0. The first kappa shape index (κ1) is 23.0. The third-order valence-electron chi connectivity index (χ3n) is 4.72. The van der Waals surface area contributed by atoms with E-state index in [1.165, 1.54) is 0 Å². The Bertz CT molecular complexity index is 689. The normalized spacial score (nSPS) is 18.1. The lowest BCUT2D eigenvalue weighted by molar-refractivity contribution is -0.161. The van der Waals surface area contributed by atoms with E-state index in [-0.39, 0.29) is 6.42 Å². The van der Waals surface area contributed by atoms with Gasteiger partial charge >= 0.3 is 17.9 Å². The molecule has 0 radical (unpaired) electrons. The number of hydrogen-bond donors (Lipinski definition) is 4. The minimum atomic E-state index is -0.968. The fourth-order valence-electron chi connectivity index (χ4n) is 2.98. The Morgan fingerprint density at radius 2 is 1.79 bits per heavy atom. The molecule has 1 heterocycles. The summed E-state index contributed by atoms with van der Waals surface area (Å²) in [6.07, 6.45) is 3.80. The van der Waals surface area contributed by atoms with Crippen molar-refractivity contribution in [2.45, 2.75) is 56.7 Å². The molecule has 0 saturated carbocycles. The van der Waals surface area contributed by atoms with Crippen LogP contribution in [-0.4, -0.2) is 49.1 Å². The van der Waals surface area contributed by atoms with Gasteiger partial charge in [0, 0.05) is 0 Å². The average molecular weight is 406 g/mol. The first-order chi connectivity index (χ1) is 13.9. The second-order valence-electron chi connectivity index (χ2n) is 7.16. The molecule has 0 aromatic heterocycles. The largest absolute Gasteiger partial charge is 0.425 e. The van der Waals surface area contributed by atoms with E-state index in [9.17, 15) is 14.4 Å². The SMILES string of the molecule is NCCCC[C@@H](N)C(=O)Oc1ccc(C[C@@H](N)C(=O)OC(=O)[C@H]2CCCN2)cc1. The van der Waals surface area contributed by atoms with Crippen LogP contribution in [-0.2, 0) is 25.5 Å². The Labute approximate surface area is 170 Å². The summed E-state index contributed by atoms with van der Waals surface area (Å²) < 4.78 is 10.1. The zero-order valence-corrected chi connectivity index (χ0v) is 16.5. The number of ether oxygens (including phenoxy) is 2. The van der Waals surface area contributed by atoms with Crippen LogP contribution in [0.2, 0.25) is 0 Å². The highest BCUT2D eigenvalue weighted by molar-refractivity contribution is 5.91. The molecule has 0 spiro atoms. The molecule has 0 amide bonds. The summed E-state index contributed by atoms with van der Waals surface area (Å²) in [5.74, 6) is -1.50. The average Bonchev–Trinajstić information content (AvgIpc) is 3.24. The summed E-state index contributed by atoms with van der Waals surface area (Å²) in [5, 5.41) is 2.97. The molecule has 0 aliphatic carbocycles. The second-order valence-corrected chi connectivity index (χ2v) is 7.16. The smallest absolute Gasteiger partial charge is 0.330 e. The molecular formula is C20H30N4O5. The highest BCUT2D eigenvalue weighted by atomic mass is 16.6. The third kappa shape index (κ3) is 7.54. The Kier molecular flexibility index (Phi) is 9.20. The van der Waals surface area contributed by atoms with Crippen molar-refractivity contribution < 1.29 is 23.9 Å². The fourth-order valence-corrected chi connectivity index (χ4v) is 2.98. The number of carbonyl (C=O) groups excluding carboxylic acids is 3. The maximum Gasteiger partial charge on any atom is 0.330 e. The lowest BCUT2D eigenvalue weighted by atomic mass is 10.1. The zero-order valence-electron chi connectivity index (χ0n) is 16.5. The van der Waals surface area contributed by atoms with E-state index in [4.69, 9.17) is 26.7 Å². The Morgan fingerprint density at radius 1 is 1.07 bits per heavy atom. The monoisotopic (exact) mass is 406 g/mol.